The molecule has 0 aliphatic heterocycles. The quantitative estimate of drug-likeness (QED) is 0.725. The smallest absolute Gasteiger partial charge is 0.162 e. The van der Waals surface area contributed by atoms with Gasteiger partial charge >= 0.3 is 0 Å². The van der Waals surface area contributed by atoms with Gasteiger partial charge in [0.1, 0.15) is 0 Å². The Morgan fingerprint density at radius 3 is 2.94 bits per heavy atom. The zero-order valence-corrected chi connectivity index (χ0v) is 9.86. The Morgan fingerprint density at radius 2 is 2.31 bits per heavy atom. The standard InChI is InChI=1S/C13H19NO2/c1-4-6-10(2)14-9-11-7-5-8-12(16-3)13(11)15/h4-5,7-8,10,14-15H,1,6,9H2,2-3H3. The van der Waals surface area contributed by atoms with E-state index in [4.69, 9.17) is 4.74 Å². The van der Waals surface area contributed by atoms with Crippen molar-refractivity contribution in [1.29, 1.82) is 0 Å². The second-order valence-corrected chi connectivity index (χ2v) is 3.77. The first-order valence-electron chi connectivity index (χ1n) is 5.38. The van der Waals surface area contributed by atoms with Gasteiger partial charge in [0, 0.05) is 18.2 Å². The predicted molar refractivity (Wildman–Crippen MR) is 65.8 cm³/mol. The number of ether oxygens (including phenoxy) is 1. The molecule has 3 heteroatoms. The van der Waals surface area contributed by atoms with E-state index in [1.807, 2.05) is 18.2 Å². The molecule has 2 N–H and O–H groups in total. The SMILES string of the molecule is C=CCC(C)NCc1cccc(OC)c1O. The minimum atomic E-state index is 0.211. The van der Waals surface area contributed by atoms with Crippen LogP contribution in [0.5, 0.6) is 11.5 Å². The summed E-state index contributed by atoms with van der Waals surface area (Å²) in [6.07, 6.45) is 2.79. The largest absolute Gasteiger partial charge is 0.504 e. The van der Waals surface area contributed by atoms with Crippen LogP contribution < -0.4 is 10.1 Å². The summed E-state index contributed by atoms with van der Waals surface area (Å²) in [5.74, 6) is 0.721. The van der Waals surface area contributed by atoms with Crippen LogP contribution in [0, 0.1) is 0 Å². The number of para-hydroxylation sites is 1. The third kappa shape index (κ3) is 3.28. The molecule has 0 radical (unpaired) electrons. The number of methoxy groups -OCH3 is 1. The summed E-state index contributed by atoms with van der Waals surface area (Å²) in [7, 11) is 1.55. The van der Waals surface area contributed by atoms with Crippen molar-refractivity contribution in [3.63, 3.8) is 0 Å². The molecule has 1 aromatic rings. The lowest BCUT2D eigenvalue weighted by Crippen LogP contribution is -2.24. The second kappa shape index (κ2) is 6.18. The van der Waals surface area contributed by atoms with Crippen LogP contribution in [0.4, 0.5) is 0 Å². The van der Waals surface area contributed by atoms with E-state index in [-0.39, 0.29) is 5.75 Å². The number of nitrogens with one attached hydrogen (secondary N) is 1. The Labute approximate surface area is 96.8 Å². The average molecular weight is 221 g/mol. The zero-order valence-electron chi connectivity index (χ0n) is 9.86. The Hall–Kier alpha value is -1.48. The Balaban J connectivity index is 2.63. The highest BCUT2D eigenvalue weighted by Crippen LogP contribution is 2.29. The van der Waals surface area contributed by atoms with Crippen molar-refractivity contribution in [3.8, 4) is 11.5 Å². The van der Waals surface area contributed by atoms with Crippen molar-refractivity contribution < 1.29 is 9.84 Å². The number of aromatic hydroxyl groups is 1. The molecule has 1 unspecified atom stereocenters. The van der Waals surface area contributed by atoms with E-state index in [1.54, 1.807) is 13.2 Å². The molecule has 0 bridgehead atoms. The van der Waals surface area contributed by atoms with E-state index in [0.717, 1.165) is 12.0 Å². The van der Waals surface area contributed by atoms with Crippen LogP contribution in [-0.2, 0) is 6.54 Å². The van der Waals surface area contributed by atoms with Crippen LogP contribution in [0.1, 0.15) is 18.9 Å². The van der Waals surface area contributed by atoms with Gasteiger partial charge in [-0.15, -0.1) is 6.58 Å². The van der Waals surface area contributed by atoms with Crippen LogP contribution in [0.3, 0.4) is 0 Å². The molecular formula is C13H19NO2. The maximum absolute atomic E-state index is 9.85. The second-order valence-electron chi connectivity index (χ2n) is 3.77. The molecule has 0 spiro atoms. The molecular weight excluding hydrogens is 202 g/mol. The summed E-state index contributed by atoms with van der Waals surface area (Å²) in [6.45, 7) is 6.40. The topological polar surface area (TPSA) is 41.5 Å². The van der Waals surface area contributed by atoms with Gasteiger partial charge in [-0.05, 0) is 19.4 Å². The van der Waals surface area contributed by atoms with Gasteiger partial charge in [-0.1, -0.05) is 18.2 Å². The van der Waals surface area contributed by atoms with Gasteiger partial charge in [0.05, 0.1) is 7.11 Å². The fourth-order valence-electron chi connectivity index (χ4n) is 1.49. The fraction of sp³-hybridized carbons (Fsp3) is 0.385. The molecule has 1 atom stereocenters. The first kappa shape index (κ1) is 12.6. The Morgan fingerprint density at radius 1 is 1.56 bits per heavy atom. The van der Waals surface area contributed by atoms with E-state index < -0.39 is 0 Å². The Kier molecular flexibility index (Phi) is 4.86. The molecule has 1 rings (SSSR count). The zero-order chi connectivity index (χ0) is 12.0. The maximum atomic E-state index is 9.85. The molecule has 0 aromatic heterocycles. The molecule has 0 saturated carbocycles. The van der Waals surface area contributed by atoms with Gasteiger partial charge in [0.15, 0.2) is 11.5 Å². The Bertz CT molecular complexity index is 350. The minimum absolute atomic E-state index is 0.211. The van der Waals surface area contributed by atoms with Crippen LogP contribution in [0.2, 0.25) is 0 Å². The van der Waals surface area contributed by atoms with Gasteiger partial charge in [-0.3, -0.25) is 0 Å². The van der Waals surface area contributed by atoms with Crippen molar-refractivity contribution in [2.45, 2.75) is 25.9 Å². The average Bonchev–Trinajstić information content (AvgIpc) is 2.28. The highest BCUT2D eigenvalue weighted by molar-refractivity contribution is 5.45. The summed E-state index contributed by atoms with van der Waals surface area (Å²) < 4.78 is 5.05. The van der Waals surface area contributed by atoms with Crippen LogP contribution in [-0.4, -0.2) is 18.3 Å². The minimum Gasteiger partial charge on any atom is -0.504 e. The molecule has 0 aliphatic carbocycles. The maximum Gasteiger partial charge on any atom is 0.162 e. The first-order chi connectivity index (χ1) is 7.69. The fourth-order valence-corrected chi connectivity index (χ4v) is 1.49. The summed E-state index contributed by atoms with van der Waals surface area (Å²) in [5.41, 5.74) is 0.843. The van der Waals surface area contributed by atoms with Gasteiger partial charge in [0.25, 0.3) is 0 Å². The first-order valence-corrected chi connectivity index (χ1v) is 5.38. The van der Waals surface area contributed by atoms with Crippen molar-refractivity contribution >= 4 is 0 Å². The normalized spacial score (nSPS) is 12.1. The van der Waals surface area contributed by atoms with Crippen molar-refractivity contribution in [2.24, 2.45) is 0 Å². The molecule has 3 nitrogen and oxygen atoms in total. The highest BCUT2D eigenvalue weighted by Gasteiger charge is 2.07. The third-order valence-electron chi connectivity index (χ3n) is 2.46. The van der Waals surface area contributed by atoms with Gasteiger partial charge in [-0.25, -0.2) is 0 Å². The molecule has 88 valence electrons. The molecule has 1 aromatic carbocycles. The molecule has 0 saturated heterocycles. The van der Waals surface area contributed by atoms with E-state index in [2.05, 4.69) is 18.8 Å². The van der Waals surface area contributed by atoms with Crippen LogP contribution in [0.15, 0.2) is 30.9 Å². The van der Waals surface area contributed by atoms with Crippen LogP contribution >= 0.6 is 0 Å². The number of hydrogen-bond donors (Lipinski definition) is 2. The lowest BCUT2D eigenvalue weighted by atomic mass is 10.1. The monoisotopic (exact) mass is 221 g/mol. The lowest BCUT2D eigenvalue weighted by molar-refractivity contribution is 0.369. The van der Waals surface area contributed by atoms with E-state index in [0.29, 0.717) is 18.3 Å². The summed E-state index contributed by atoms with van der Waals surface area (Å²) in [5, 5.41) is 13.2. The van der Waals surface area contributed by atoms with E-state index >= 15 is 0 Å². The molecule has 0 heterocycles. The number of phenolic OH excluding ortho intramolecular Hbond substituents is 1. The molecule has 0 fully saturated rings. The van der Waals surface area contributed by atoms with E-state index in [1.165, 1.54) is 0 Å². The van der Waals surface area contributed by atoms with Crippen molar-refractivity contribution in [3.05, 3.63) is 36.4 Å². The molecule has 0 aliphatic rings. The molecule has 0 amide bonds. The van der Waals surface area contributed by atoms with Crippen LogP contribution in [0.25, 0.3) is 0 Å². The molecule has 16 heavy (non-hydrogen) atoms. The van der Waals surface area contributed by atoms with Crippen molar-refractivity contribution in [2.75, 3.05) is 7.11 Å². The van der Waals surface area contributed by atoms with Gasteiger partial charge in [-0.2, -0.15) is 0 Å². The van der Waals surface area contributed by atoms with Gasteiger partial charge in [0.2, 0.25) is 0 Å². The van der Waals surface area contributed by atoms with Gasteiger partial charge < -0.3 is 15.2 Å². The number of benzene rings is 1. The lowest BCUT2D eigenvalue weighted by Gasteiger charge is -2.13. The predicted octanol–water partition coefficient (Wildman–Crippen LogP) is 2.46. The van der Waals surface area contributed by atoms with E-state index in [9.17, 15) is 5.11 Å². The summed E-state index contributed by atoms with van der Waals surface area (Å²) in [6, 6.07) is 5.84. The third-order valence-corrected chi connectivity index (χ3v) is 2.46. The number of phenols is 1. The summed E-state index contributed by atoms with van der Waals surface area (Å²) >= 11 is 0. The number of rotatable bonds is 6. The summed E-state index contributed by atoms with van der Waals surface area (Å²) in [4.78, 5) is 0. The van der Waals surface area contributed by atoms with Crippen molar-refractivity contribution in [1.82, 2.24) is 5.32 Å². The highest BCUT2D eigenvalue weighted by atomic mass is 16.5. The number of hydrogen-bond acceptors (Lipinski definition) is 3.